The predicted molar refractivity (Wildman–Crippen MR) is 83.8 cm³/mol. The Labute approximate surface area is 129 Å². The van der Waals surface area contributed by atoms with Crippen LogP contribution in [0.25, 0.3) is 10.9 Å². The smallest absolute Gasteiger partial charge is 0.173 e. The number of nitrogens with one attached hydrogen (secondary N) is 1. The summed E-state index contributed by atoms with van der Waals surface area (Å²) in [4.78, 5) is 4.38. The van der Waals surface area contributed by atoms with Gasteiger partial charge in [0.2, 0.25) is 0 Å². The van der Waals surface area contributed by atoms with Gasteiger partial charge >= 0.3 is 0 Å². The minimum atomic E-state index is -0.412. The largest absolute Gasteiger partial charge is 0.382 e. The van der Waals surface area contributed by atoms with Gasteiger partial charge in [-0.1, -0.05) is 18.2 Å². The Morgan fingerprint density at radius 1 is 1.18 bits per heavy atom. The summed E-state index contributed by atoms with van der Waals surface area (Å²) in [5.41, 5.74) is 2.08. The minimum absolute atomic E-state index is 0.0741. The van der Waals surface area contributed by atoms with E-state index in [1.165, 1.54) is 0 Å². The number of hydrogen-bond donors (Lipinski definition) is 1. The summed E-state index contributed by atoms with van der Waals surface area (Å²) in [7, 11) is 0. The van der Waals surface area contributed by atoms with Crippen LogP contribution in [0.4, 0.5) is 5.69 Å². The highest BCUT2D eigenvalue weighted by Crippen LogP contribution is 2.33. The van der Waals surface area contributed by atoms with Crippen molar-refractivity contribution in [3.63, 3.8) is 0 Å². The van der Waals surface area contributed by atoms with Gasteiger partial charge in [0.25, 0.3) is 0 Å². The summed E-state index contributed by atoms with van der Waals surface area (Å²) in [6, 6.07) is 10.1. The molecule has 5 nitrogen and oxygen atoms in total. The lowest BCUT2D eigenvalue weighted by Gasteiger charge is -2.31. The summed E-state index contributed by atoms with van der Waals surface area (Å²) in [6.45, 7) is 2.80. The van der Waals surface area contributed by atoms with E-state index in [9.17, 15) is 0 Å². The van der Waals surface area contributed by atoms with E-state index in [1.54, 1.807) is 0 Å². The fourth-order valence-corrected chi connectivity index (χ4v) is 3.14. The number of hydrogen-bond acceptors (Lipinski definition) is 5. The van der Waals surface area contributed by atoms with E-state index < -0.39 is 5.79 Å². The molecule has 0 aliphatic carbocycles. The molecule has 0 bridgehead atoms. The first kappa shape index (κ1) is 13.9. The van der Waals surface area contributed by atoms with Gasteiger partial charge in [0.05, 0.1) is 25.3 Å². The van der Waals surface area contributed by atoms with Crippen LogP contribution in [0.1, 0.15) is 12.8 Å². The third kappa shape index (κ3) is 2.67. The minimum Gasteiger partial charge on any atom is -0.382 e. The van der Waals surface area contributed by atoms with Crippen molar-refractivity contribution in [1.82, 2.24) is 4.98 Å². The van der Waals surface area contributed by atoms with Crippen LogP contribution in [0.5, 0.6) is 0 Å². The van der Waals surface area contributed by atoms with Crippen molar-refractivity contribution in [3.05, 3.63) is 36.5 Å². The van der Waals surface area contributed by atoms with E-state index >= 15 is 0 Å². The molecule has 5 heteroatoms. The first-order chi connectivity index (χ1) is 10.8. The average molecular weight is 300 g/mol. The lowest BCUT2D eigenvalue weighted by atomic mass is 10.1. The summed E-state index contributed by atoms with van der Waals surface area (Å²) in [5, 5.41) is 4.60. The number of rotatable bonds is 3. The predicted octanol–water partition coefficient (Wildman–Crippen LogP) is 2.57. The number of para-hydroxylation sites is 1. The molecule has 116 valence electrons. The second-order valence-electron chi connectivity index (χ2n) is 5.83. The summed E-state index contributed by atoms with van der Waals surface area (Å²) >= 11 is 0. The van der Waals surface area contributed by atoms with Crippen LogP contribution in [0.3, 0.4) is 0 Å². The standard InChI is InChI=1S/C17H20N2O3/c1-2-4-15-14(3-1)16(5-8-18-15)19-11-13-12-21-17(22-13)6-9-20-10-7-17/h1-5,8,13H,6-7,9-12H2,(H,18,19)/t13-/m0/s1. The number of benzene rings is 1. The van der Waals surface area contributed by atoms with Gasteiger partial charge in [0.15, 0.2) is 5.79 Å². The molecular weight excluding hydrogens is 280 g/mol. The molecule has 2 saturated heterocycles. The number of nitrogens with zero attached hydrogens (tertiary/aromatic N) is 1. The molecule has 1 atom stereocenters. The van der Waals surface area contributed by atoms with Crippen molar-refractivity contribution in [2.75, 3.05) is 31.7 Å². The molecule has 1 aromatic heterocycles. The molecule has 2 fully saturated rings. The van der Waals surface area contributed by atoms with Crippen LogP contribution in [0.2, 0.25) is 0 Å². The van der Waals surface area contributed by atoms with Crippen LogP contribution >= 0.6 is 0 Å². The summed E-state index contributed by atoms with van der Waals surface area (Å²) in [6.07, 6.45) is 3.55. The van der Waals surface area contributed by atoms with E-state index in [0.29, 0.717) is 6.61 Å². The number of anilines is 1. The zero-order chi connectivity index (χ0) is 14.8. The molecule has 4 rings (SSSR count). The molecule has 1 N–H and O–H groups in total. The Balaban J connectivity index is 1.42. The maximum Gasteiger partial charge on any atom is 0.173 e. The highest BCUT2D eigenvalue weighted by Gasteiger charge is 2.42. The van der Waals surface area contributed by atoms with E-state index in [4.69, 9.17) is 14.2 Å². The zero-order valence-corrected chi connectivity index (χ0v) is 12.5. The monoisotopic (exact) mass is 300 g/mol. The second kappa shape index (κ2) is 5.83. The first-order valence-electron chi connectivity index (χ1n) is 7.82. The molecule has 2 aromatic rings. The quantitative estimate of drug-likeness (QED) is 0.944. The molecule has 1 aromatic carbocycles. The van der Waals surface area contributed by atoms with Crippen LogP contribution in [0, 0.1) is 0 Å². The molecule has 0 radical (unpaired) electrons. The maximum absolute atomic E-state index is 6.14. The van der Waals surface area contributed by atoms with Gasteiger partial charge in [-0.15, -0.1) is 0 Å². The molecule has 1 spiro atoms. The molecule has 0 unspecified atom stereocenters. The van der Waals surface area contributed by atoms with Gasteiger partial charge in [-0.25, -0.2) is 0 Å². The van der Waals surface area contributed by atoms with E-state index in [1.807, 2.05) is 30.5 Å². The van der Waals surface area contributed by atoms with E-state index in [0.717, 1.165) is 49.2 Å². The Kier molecular flexibility index (Phi) is 3.70. The van der Waals surface area contributed by atoms with Gasteiger partial charge in [-0.3, -0.25) is 4.98 Å². The highest BCUT2D eigenvalue weighted by atomic mass is 16.7. The molecule has 0 amide bonds. The van der Waals surface area contributed by atoms with Crippen LogP contribution in [-0.4, -0.2) is 43.2 Å². The lowest BCUT2D eigenvalue weighted by Crippen LogP contribution is -2.38. The third-order valence-electron chi connectivity index (χ3n) is 4.34. The van der Waals surface area contributed by atoms with Crippen LogP contribution in [0.15, 0.2) is 36.5 Å². The van der Waals surface area contributed by atoms with Gasteiger partial charge < -0.3 is 19.5 Å². The SMILES string of the molecule is c1ccc2c(NC[C@H]3COC4(CCOCC4)O3)ccnc2c1. The Morgan fingerprint density at radius 2 is 2.05 bits per heavy atom. The average Bonchev–Trinajstić information content (AvgIpc) is 2.96. The number of pyridine rings is 1. The van der Waals surface area contributed by atoms with Crippen molar-refractivity contribution in [2.45, 2.75) is 24.7 Å². The molecular formula is C17H20N2O3. The number of fused-ring (bicyclic) bond motifs is 1. The maximum atomic E-state index is 6.14. The Bertz CT molecular complexity index is 650. The zero-order valence-electron chi connectivity index (χ0n) is 12.5. The van der Waals surface area contributed by atoms with Crippen molar-refractivity contribution >= 4 is 16.6 Å². The third-order valence-corrected chi connectivity index (χ3v) is 4.34. The fraction of sp³-hybridized carbons (Fsp3) is 0.471. The van der Waals surface area contributed by atoms with Crippen molar-refractivity contribution in [3.8, 4) is 0 Å². The summed E-state index contributed by atoms with van der Waals surface area (Å²) in [5.74, 6) is -0.412. The fourth-order valence-electron chi connectivity index (χ4n) is 3.14. The highest BCUT2D eigenvalue weighted by molar-refractivity contribution is 5.90. The number of ether oxygens (including phenoxy) is 3. The van der Waals surface area contributed by atoms with Crippen LogP contribution < -0.4 is 5.32 Å². The van der Waals surface area contributed by atoms with Gasteiger partial charge in [-0.05, 0) is 12.1 Å². The van der Waals surface area contributed by atoms with Gasteiger partial charge in [0, 0.05) is 36.7 Å². The van der Waals surface area contributed by atoms with Crippen LogP contribution in [-0.2, 0) is 14.2 Å². The molecule has 3 heterocycles. The molecule has 2 aliphatic rings. The molecule has 2 aliphatic heterocycles. The van der Waals surface area contributed by atoms with Gasteiger partial charge in [-0.2, -0.15) is 0 Å². The van der Waals surface area contributed by atoms with Crippen molar-refractivity contribution in [2.24, 2.45) is 0 Å². The van der Waals surface area contributed by atoms with Gasteiger partial charge in [0.1, 0.15) is 6.10 Å². The first-order valence-corrected chi connectivity index (χ1v) is 7.82. The molecule has 22 heavy (non-hydrogen) atoms. The second-order valence-corrected chi connectivity index (χ2v) is 5.83. The van der Waals surface area contributed by atoms with E-state index in [-0.39, 0.29) is 6.10 Å². The Hall–Kier alpha value is -1.69. The summed E-state index contributed by atoms with van der Waals surface area (Å²) < 4.78 is 17.4. The normalized spacial score (nSPS) is 23.9. The van der Waals surface area contributed by atoms with Crippen molar-refractivity contribution in [1.29, 1.82) is 0 Å². The lowest BCUT2D eigenvalue weighted by molar-refractivity contribution is -0.209. The van der Waals surface area contributed by atoms with E-state index in [2.05, 4.69) is 16.4 Å². The number of aromatic nitrogens is 1. The molecule has 0 saturated carbocycles. The van der Waals surface area contributed by atoms with Crippen molar-refractivity contribution < 1.29 is 14.2 Å². The topological polar surface area (TPSA) is 52.6 Å². The Morgan fingerprint density at radius 3 is 2.95 bits per heavy atom.